The highest BCUT2D eigenvalue weighted by atomic mass is 79.9. The molecule has 1 saturated heterocycles. The summed E-state index contributed by atoms with van der Waals surface area (Å²) >= 11 is 3.37. The lowest BCUT2D eigenvalue weighted by atomic mass is 9.94. The van der Waals surface area contributed by atoms with E-state index in [1.54, 1.807) is 12.1 Å². The molecular weight excluding hydrogens is 373 g/mol. The van der Waals surface area contributed by atoms with Crippen molar-refractivity contribution in [3.8, 4) is 5.75 Å². The highest BCUT2D eigenvalue weighted by Crippen LogP contribution is 2.38. The van der Waals surface area contributed by atoms with Crippen LogP contribution >= 0.6 is 15.9 Å². The fraction of sp³-hybridized carbons (Fsp3) is 0.625. The number of nitrogens with zero attached hydrogens (tertiary/aromatic N) is 1. The second-order valence-corrected chi connectivity index (χ2v) is 7.08. The fourth-order valence-corrected chi connectivity index (χ4v) is 3.29. The molecule has 0 amide bonds. The van der Waals surface area contributed by atoms with Crippen LogP contribution in [0.25, 0.3) is 0 Å². The summed E-state index contributed by atoms with van der Waals surface area (Å²) in [5.74, 6) is 0.262. The Morgan fingerprint density at radius 3 is 2.48 bits per heavy atom. The molecule has 1 aliphatic heterocycles. The van der Waals surface area contributed by atoms with Gasteiger partial charge in [-0.15, -0.1) is 13.2 Å². The number of halogens is 4. The topological polar surface area (TPSA) is 24.5 Å². The van der Waals surface area contributed by atoms with Crippen LogP contribution in [0.1, 0.15) is 31.9 Å². The van der Waals surface area contributed by atoms with Crippen molar-refractivity contribution >= 4 is 15.9 Å². The number of nitrogens with one attached hydrogen (secondary N) is 1. The predicted octanol–water partition coefficient (Wildman–Crippen LogP) is 4.34. The Kier molecular flexibility index (Phi) is 6.33. The molecule has 7 heteroatoms. The van der Waals surface area contributed by atoms with E-state index in [-0.39, 0.29) is 11.8 Å². The smallest absolute Gasteiger partial charge is 0.405 e. The summed E-state index contributed by atoms with van der Waals surface area (Å²) in [7, 11) is 0. The highest BCUT2D eigenvalue weighted by Gasteiger charge is 2.34. The Morgan fingerprint density at radius 2 is 1.91 bits per heavy atom. The van der Waals surface area contributed by atoms with Crippen molar-refractivity contribution in [2.45, 2.75) is 32.7 Å². The SMILES string of the molecule is CC(C)C[C@H](c1cc(Br)ccc1OC(F)(F)F)N1CCNCC1. The first-order valence-electron chi connectivity index (χ1n) is 7.76. The maximum absolute atomic E-state index is 12.7. The van der Waals surface area contributed by atoms with Gasteiger partial charge in [-0.2, -0.15) is 0 Å². The van der Waals surface area contributed by atoms with Gasteiger partial charge in [0.05, 0.1) is 0 Å². The second-order valence-electron chi connectivity index (χ2n) is 6.16. The van der Waals surface area contributed by atoms with Gasteiger partial charge in [0.15, 0.2) is 0 Å². The van der Waals surface area contributed by atoms with Crippen LogP contribution in [-0.4, -0.2) is 37.4 Å². The van der Waals surface area contributed by atoms with Crippen LogP contribution < -0.4 is 10.1 Å². The largest absolute Gasteiger partial charge is 0.573 e. The standard InChI is InChI=1S/C16H22BrF3N2O/c1-11(2)9-14(22-7-5-21-6-8-22)13-10-12(17)3-4-15(13)23-16(18,19)20/h3-4,10-11,14,21H,5-9H2,1-2H3/t14-/m1/s1. The minimum Gasteiger partial charge on any atom is -0.405 e. The zero-order chi connectivity index (χ0) is 17.0. The van der Waals surface area contributed by atoms with Crippen LogP contribution in [0.15, 0.2) is 22.7 Å². The molecule has 0 unspecified atom stereocenters. The summed E-state index contributed by atoms with van der Waals surface area (Å²) in [4.78, 5) is 2.24. The maximum Gasteiger partial charge on any atom is 0.573 e. The van der Waals surface area contributed by atoms with E-state index >= 15 is 0 Å². The molecule has 130 valence electrons. The first kappa shape index (κ1) is 18.5. The van der Waals surface area contributed by atoms with Crippen LogP contribution in [0.5, 0.6) is 5.75 Å². The summed E-state index contributed by atoms with van der Waals surface area (Å²) in [6.07, 6.45) is -3.90. The van der Waals surface area contributed by atoms with Crippen LogP contribution in [0, 0.1) is 5.92 Å². The van der Waals surface area contributed by atoms with Crippen molar-refractivity contribution < 1.29 is 17.9 Å². The molecule has 1 aliphatic rings. The molecular formula is C16H22BrF3N2O. The first-order chi connectivity index (χ1) is 10.8. The predicted molar refractivity (Wildman–Crippen MR) is 87.5 cm³/mol. The van der Waals surface area contributed by atoms with Crippen LogP contribution in [0.2, 0.25) is 0 Å². The van der Waals surface area contributed by atoms with E-state index in [4.69, 9.17) is 0 Å². The fourth-order valence-electron chi connectivity index (χ4n) is 2.91. The summed E-state index contributed by atoms with van der Waals surface area (Å²) in [5, 5.41) is 3.28. The maximum atomic E-state index is 12.7. The van der Waals surface area contributed by atoms with E-state index in [0.29, 0.717) is 11.5 Å². The van der Waals surface area contributed by atoms with Gasteiger partial charge in [-0.3, -0.25) is 4.90 Å². The molecule has 0 saturated carbocycles. The first-order valence-corrected chi connectivity index (χ1v) is 8.55. The van der Waals surface area contributed by atoms with Crippen molar-refractivity contribution in [3.63, 3.8) is 0 Å². The van der Waals surface area contributed by atoms with Gasteiger partial charge < -0.3 is 10.1 Å². The minimum absolute atomic E-state index is 0.0908. The molecule has 1 atom stereocenters. The third kappa shape index (κ3) is 5.65. The van der Waals surface area contributed by atoms with E-state index in [9.17, 15) is 13.2 Å². The Morgan fingerprint density at radius 1 is 1.26 bits per heavy atom. The van der Waals surface area contributed by atoms with Gasteiger partial charge in [-0.05, 0) is 30.5 Å². The molecule has 1 heterocycles. The zero-order valence-electron chi connectivity index (χ0n) is 13.3. The lowest BCUT2D eigenvalue weighted by Crippen LogP contribution is -2.45. The Balaban J connectivity index is 2.37. The molecule has 23 heavy (non-hydrogen) atoms. The van der Waals surface area contributed by atoms with Gasteiger partial charge >= 0.3 is 6.36 Å². The summed E-state index contributed by atoms with van der Waals surface area (Å²) in [6.45, 7) is 7.48. The number of rotatable bonds is 5. The van der Waals surface area contributed by atoms with Crippen LogP contribution in [-0.2, 0) is 0 Å². The molecule has 1 fully saturated rings. The zero-order valence-corrected chi connectivity index (χ0v) is 14.9. The van der Waals surface area contributed by atoms with Crippen molar-refractivity contribution in [2.24, 2.45) is 5.92 Å². The van der Waals surface area contributed by atoms with Crippen molar-refractivity contribution in [3.05, 3.63) is 28.2 Å². The third-order valence-corrected chi connectivity index (χ3v) is 4.34. The van der Waals surface area contributed by atoms with Crippen LogP contribution in [0.3, 0.4) is 0 Å². The van der Waals surface area contributed by atoms with E-state index in [1.807, 2.05) is 0 Å². The summed E-state index contributed by atoms with van der Waals surface area (Å²) in [5.41, 5.74) is 0.590. The average Bonchev–Trinajstić information content (AvgIpc) is 2.46. The number of piperazine rings is 1. The molecule has 0 bridgehead atoms. The van der Waals surface area contributed by atoms with Gasteiger partial charge in [0.2, 0.25) is 0 Å². The Hall–Kier alpha value is -0.790. The molecule has 2 rings (SSSR count). The Labute approximate surface area is 143 Å². The third-order valence-electron chi connectivity index (χ3n) is 3.84. The molecule has 1 aromatic rings. The molecule has 0 aliphatic carbocycles. The second kappa shape index (κ2) is 7.85. The Bertz CT molecular complexity index is 517. The van der Waals surface area contributed by atoms with E-state index in [1.165, 1.54) is 6.07 Å². The van der Waals surface area contributed by atoms with E-state index < -0.39 is 6.36 Å². The number of hydrogen-bond acceptors (Lipinski definition) is 3. The van der Waals surface area contributed by atoms with Crippen molar-refractivity contribution in [1.29, 1.82) is 0 Å². The van der Waals surface area contributed by atoms with Crippen molar-refractivity contribution in [2.75, 3.05) is 26.2 Å². The van der Waals surface area contributed by atoms with Gasteiger partial charge in [0, 0.05) is 42.3 Å². The van der Waals surface area contributed by atoms with Crippen LogP contribution in [0.4, 0.5) is 13.2 Å². The molecule has 1 N–H and O–H groups in total. The van der Waals surface area contributed by atoms with Gasteiger partial charge in [0.1, 0.15) is 5.75 Å². The minimum atomic E-state index is -4.69. The van der Waals surface area contributed by atoms with E-state index in [2.05, 4.69) is 44.7 Å². The summed E-state index contributed by atoms with van der Waals surface area (Å²) < 4.78 is 43.2. The van der Waals surface area contributed by atoms with E-state index in [0.717, 1.165) is 37.1 Å². The van der Waals surface area contributed by atoms with Gasteiger partial charge in [0.25, 0.3) is 0 Å². The van der Waals surface area contributed by atoms with Gasteiger partial charge in [-0.25, -0.2) is 0 Å². The molecule has 1 aromatic carbocycles. The lowest BCUT2D eigenvalue weighted by Gasteiger charge is -2.37. The van der Waals surface area contributed by atoms with Gasteiger partial charge in [-0.1, -0.05) is 29.8 Å². The highest BCUT2D eigenvalue weighted by molar-refractivity contribution is 9.10. The molecule has 0 radical (unpaired) electrons. The number of benzene rings is 1. The number of ether oxygens (including phenoxy) is 1. The molecule has 0 spiro atoms. The molecule has 0 aromatic heterocycles. The number of hydrogen-bond donors (Lipinski definition) is 1. The normalized spacial score (nSPS) is 18.2. The summed E-state index contributed by atoms with van der Waals surface area (Å²) in [6, 6.07) is 4.62. The monoisotopic (exact) mass is 394 g/mol. The lowest BCUT2D eigenvalue weighted by molar-refractivity contribution is -0.275. The van der Waals surface area contributed by atoms with Crippen molar-refractivity contribution in [1.82, 2.24) is 10.2 Å². The number of alkyl halides is 3. The quantitative estimate of drug-likeness (QED) is 0.803. The molecule has 3 nitrogen and oxygen atoms in total. The average molecular weight is 395 g/mol.